The summed E-state index contributed by atoms with van der Waals surface area (Å²) in [5.41, 5.74) is 5.38. The summed E-state index contributed by atoms with van der Waals surface area (Å²) in [5.74, 6) is 0.738. The number of rotatable bonds is 7. The van der Waals surface area contributed by atoms with Crippen molar-refractivity contribution < 1.29 is 12.8 Å². The van der Waals surface area contributed by atoms with E-state index in [1.54, 1.807) is 18.4 Å². The molecule has 0 saturated heterocycles. The van der Waals surface area contributed by atoms with Crippen molar-refractivity contribution >= 4 is 10.0 Å². The van der Waals surface area contributed by atoms with Crippen LogP contribution < -0.4 is 10.5 Å². The minimum atomic E-state index is -3.53. The number of aromatic nitrogens is 2. The summed E-state index contributed by atoms with van der Waals surface area (Å²) in [5, 5.41) is 3.93. The summed E-state index contributed by atoms with van der Waals surface area (Å²) in [7, 11) is -3.53. The Morgan fingerprint density at radius 2 is 2.32 bits per heavy atom. The molecule has 0 unspecified atom stereocenters. The maximum atomic E-state index is 12.0. The fourth-order valence-corrected chi connectivity index (χ4v) is 2.57. The SMILES string of the molecule is NCCn1cc(S(=O)(=O)NCCc2ccco2)cn1. The first-order valence-electron chi connectivity index (χ1n) is 5.86. The van der Waals surface area contributed by atoms with Gasteiger partial charge in [-0.2, -0.15) is 5.10 Å². The van der Waals surface area contributed by atoms with Crippen LogP contribution in [0.15, 0.2) is 40.1 Å². The van der Waals surface area contributed by atoms with Gasteiger partial charge in [-0.1, -0.05) is 0 Å². The third-order valence-corrected chi connectivity index (χ3v) is 3.94. The Balaban J connectivity index is 1.93. The molecule has 3 N–H and O–H groups in total. The molecule has 0 aromatic carbocycles. The summed E-state index contributed by atoms with van der Waals surface area (Å²) >= 11 is 0. The Bertz CT molecular complexity index is 604. The minimum Gasteiger partial charge on any atom is -0.469 e. The standard InChI is InChI=1S/C11H16N4O3S/c12-4-6-15-9-11(8-13-15)19(16,17)14-5-3-10-2-1-7-18-10/h1-2,7-9,14H,3-6,12H2. The van der Waals surface area contributed by atoms with E-state index in [0.717, 1.165) is 5.76 Å². The highest BCUT2D eigenvalue weighted by Crippen LogP contribution is 2.07. The van der Waals surface area contributed by atoms with Crippen molar-refractivity contribution in [1.82, 2.24) is 14.5 Å². The Kier molecular flexibility index (Phi) is 4.35. The highest BCUT2D eigenvalue weighted by molar-refractivity contribution is 7.89. The summed E-state index contributed by atoms with van der Waals surface area (Å²) in [6.45, 7) is 1.17. The highest BCUT2D eigenvalue weighted by atomic mass is 32.2. The van der Waals surface area contributed by atoms with Crippen molar-refractivity contribution in [3.63, 3.8) is 0 Å². The molecule has 0 amide bonds. The van der Waals surface area contributed by atoms with E-state index in [-0.39, 0.29) is 11.4 Å². The second kappa shape index (κ2) is 6.00. The summed E-state index contributed by atoms with van der Waals surface area (Å²) < 4.78 is 33.0. The van der Waals surface area contributed by atoms with E-state index in [2.05, 4.69) is 9.82 Å². The van der Waals surface area contributed by atoms with Gasteiger partial charge < -0.3 is 10.2 Å². The third kappa shape index (κ3) is 3.66. The molecule has 0 aliphatic carbocycles. The average molecular weight is 284 g/mol. The quantitative estimate of drug-likeness (QED) is 0.742. The average Bonchev–Trinajstić information content (AvgIpc) is 3.00. The molecule has 0 spiro atoms. The Morgan fingerprint density at radius 3 is 3.00 bits per heavy atom. The van der Waals surface area contributed by atoms with Gasteiger partial charge in [0.25, 0.3) is 0 Å². The van der Waals surface area contributed by atoms with Crippen molar-refractivity contribution in [3.8, 4) is 0 Å². The van der Waals surface area contributed by atoms with Crippen LogP contribution in [0, 0.1) is 0 Å². The van der Waals surface area contributed by atoms with Crippen LogP contribution in [0.2, 0.25) is 0 Å². The van der Waals surface area contributed by atoms with E-state index >= 15 is 0 Å². The van der Waals surface area contributed by atoms with Gasteiger partial charge in [-0.3, -0.25) is 4.68 Å². The molecule has 0 aliphatic heterocycles. The molecule has 19 heavy (non-hydrogen) atoms. The molecular weight excluding hydrogens is 268 g/mol. The summed E-state index contributed by atoms with van der Waals surface area (Å²) in [6.07, 6.45) is 4.83. The molecule has 0 bridgehead atoms. The van der Waals surface area contributed by atoms with Crippen molar-refractivity contribution in [2.24, 2.45) is 5.73 Å². The minimum absolute atomic E-state index is 0.139. The van der Waals surface area contributed by atoms with Crippen molar-refractivity contribution in [2.45, 2.75) is 17.9 Å². The molecule has 104 valence electrons. The first-order valence-corrected chi connectivity index (χ1v) is 7.35. The number of furan rings is 1. The summed E-state index contributed by atoms with van der Waals surface area (Å²) in [4.78, 5) is 0.139. The topological polar surface area (TPSA) is 103 Å². The molecule has 8 heteroatoms. The number of nitrogens with zero attached hydrogens (tertiary/aromatic N) is 2. The van der Waals surface area contributed by atoms with Crippen LogP contribution >= 0.6 is 0 Å². The van der Waals surface area contributed by atoms with E-state index in [4.69, 9.17) is 10.2 Å². The molecule has 2 aromatic heterocycles. The predicted octanol–water partition coefficient (Wildman–Crippen LogP) is -0.0442. The van der Waals surface area contributed by atoms with Gasteiger partial charge in [0.05, 0.1) is 19.0 Å². The lowest BCUT2D eigenvalue weighted by atomic mass is 10.3. The Hall–Kier alpha value is -1.64. The van der Waals surface area contributed by atoms with E-state index in [0.29, 0.717) is 19.5 Å². The molecule has 0 atom stereocenters. The van der Waals surface area contributed by atoms with E-state index < -0.39 is 10.0 Å². The van der Waals surface area contributed by atoms with E-state index in [1.165, 1.54) is 17.1 Å². The number of sulfonamides is 1. The van der Waals surface area contributed by atoms with Crippen LogP contribution in [0.4, 0.5) is 0 Å². The maximum Gasteiger partial charge on any atom is 0.243 e. The molecule has 2 rings (SSSR count). The maximum absolute atomic E-state index is 12.0. The Morgan fingerprint density at radius 1 is 1.47 bits per heavy atom. The van der Waals surface area contributed by atoms with Crippen LogP contribution in [-0.4, -0.2) is 31.3 Å². The lowest BCUT2D eigenvalue weighted by molar-refractivity contribution is 0.506. The largest absolute Gasteiger partial charge is 0.469 e. The van der Waals surface area contributed by atoms with Crippen LogP contribution in [0.25, 0.3) is 0 Å². The number of hydrogen-bond donors (Lipinski definition) is 2. The highest BCUT2D eigenvalue weighted by Gasteiger charge is 2.15. The lowest BCUT2D eigenvalue weighted by Crippen LogP contribution is -2.25. The van der Waals surface area contributed by atoms with Crippen molar-refractivity contribution in [1.29, 1.82) is 0 Å². The molecule has 0 fully saturated rings. The van der Waals surface area contributed by atoms with Gasteiger partial charge in [0.15, 0.2) is 0 Å². The monoisotopic (exact) mass is 284 g/mol. The van der Waals surface area contributed by atoms with Gasteiger partial charge in [-0.05, 0) is 12.1 Å². The molecule has 2 aromatic rings. The van der Waals surface area contributed by atoms with Gasteiger partial charge in [0.2, 0.25) is 10.0 Å². The lowest BCUT2D eigenvalue weighted by Gasteiger charge is -2.03. The zero-order valence-corrected chi connectivity index (χ0v) is 11.1. The van der Waals surface area contributed by atoms with Crippen molar-refractivity contribution in [3.05, 3.63) is 36.5 Å². The molecule has 0 aliphatic rings. The normalized spacial score (nSPS) is 11.8. The van der Waals surface area contributed by atoms with E-state index in [9.17, 15) is 8.42 Å². The second-order valence-electron chi connectivity index (χ2n) is 3.95. The Labute approximate surface area is 111 Å². The fraction of sp³-hybridized carbons (Fsp3) is 0.364. The smallest absolute Gasteiger partial charge is 0.243 e. The summed E-state index contributed by atoms with van der Waals surface area (Å²) in [6, 6.07) is 3.56. The van der Waals surface area contributed by atoms with Crippen LogP contribution in [0.3, 0.4) is 0 Å². The van der Waals surface area contributed by atoms with Crippen LogP contribution in [0.1, 0.15) is 5.76 Å². The second-order valence-corrected chi connectivity index (χ2v) is 5.72. The van der Waals surface area contributed by atoms with Crippen molar-refractivity contribution in [2.75, 3.05) is 13.1 Å². The first-order chi connectivity index (χ1) is 9.12. The number of hydrogen-bond acceptors (Lipinski definition) is 5. The number of nitrogens with two attached hydrogens (primary N) is 1. The fourth-order valence-electron chi connectivity index (χ4n) is 1.58. The molecule has 0 radical (unpaired) electrons. The van der Waals surface area contributed by atoms with Crippen LogP contribution in [-0.2, 0) is 23.0 Å². The first kappa shape index (κ1) is 13.8. The zero-order valence-electron chi connectivity index (χ0n) is 10.3. The molecule has 2 heterocycles. The van der Waals surface area contributed by atoms with Gasteiger partial charge in [-0.15, -0.1) is 0 Å². The number of nitrogens with one attached hydrogen (secondary N) is 1. The van der Waals surface area contributed by atoms with Gasteiger partial charge in [0, 0.05) is 25.7 Å². The van der Waals surface area contributed by atoms with Gasteiger partial charge >= 0.3 is 0 Å². The van der Waals surface area contributed by atoms with E-state index in [1.807, 2.05) is 0 Å². The molecular formula is C11H16N4O3S. The molecule has 7 nitrogen and oxygen atoms in total. The van der Waals surface area contributed by atoms with Gasteiger partial charge in [0.1, 0.15) is 10.7 Å². The third-order valence-electron chi connectivity index (χ3n) is 2.52. The van der Waals surface area contributed by atoms with Crippen LogP contribution in [0.5, 0.6) is 0 Å². The predicted molar refractivity (Wildman–Crippen MR) is 68.9 cm³/mol. The zero-order chi connectivity index (χ0) is 13.7. The molecule has 0 saturated carbocycles. The van der Waals surface area contributed by atoms with Gasteiger partial charge in [-0.25, -0.2) is 13.1 Å².